The largest absolute Gasteiger partial charge is 0.493 e. The van der Waals surface area contributed by atoms with Crippen LogP contribution < -0.4 is 23.7 Å². The first-order valence-electron chi connectivity index (χ1n) is 10.2. The third-order valence-corrected chi connectivity index (χ3v) is 5.56. The molecule has 1 aliphatic rings. The summed E-state index contributed by atoms with van der Waals surface area (Å²) in [7, 11) is 4.39. The van der Waals surface area contributed by atoms with Crippen LogP contribution in [0.25, 0.3) is 6.08 Å². The summed E-state index contributed by atoms with van der Waals surface area (Å²) >= 11 is 5.92. The van der Waals surface area contributed by atoms with Gasteiger partial charge in [-0.15, -0.1) is 0 Å². The molecule has 0 atom stereocenters. The van der Waals surface area contributed by atoms with Gasteiger partial charge in [-0.05, 0) is 55.0 Å². The smallest absolute Gasteiger partial charge is 0.343 e. The van der Waals surface area contributed by atoms with Crippen LogP contribution in [0.4, 0.5) is 0 Å². The summed E-state index contributed by atoms with van der Waals surface area (Å²) in [5.41, 5.74) is 1.89. The number of methoxy groups -OCH3 is 3. The third kappa shape index (κ3) is 4.30. The number of carbonyl (C=O) groups excluding carboxylic acids is 2. The van der Waals surface area contributed by atoms with E-state index in [9.17, 15) is 9.59 Å². The van der Waals surface area contributed by atoms with E-state index in [0.29, 0.717) is 39.1 Å². The molecule has 0 amide bonds. The number of allylic oxidation sites excluding steroid dienone is 1. The minimum absolute atomic E-state index is 0.175. The minimum Gasteiger partial charge on any atom is -0.493 e. The first kappa shape index (κ1) is 23.2. The van der Waals surface area contributed by atoms with Gasteiger partial charge in [0.1, 0.15) is 11.5 Å². The maximum Gasteiger partial charge on any atom is 0.343 e. The van der Waals surface area contributed by atoms with Crippen LogP contribution in [0.3, 0.4) is 0 Å². The van der Waals surface area contributed by atoms with E-state index < -0.39 is 5.97 Å². The Labute approximate surface area is 201 Å². The fourth-order valence-electron chi connectivity index (χ4n) is 3.55. The number of halogens is 1. The molecule has 174 valence electrons. The van der Waals surface area contributed by atoms with Gasteiger partial charge in [-0.1, -0.05) is 23.7 Å². The molecule has 1 heterocycles. The zero-order chi connectivity index (χ0) is 24.4. The number of ether oxygens (including phenoxy) is 5. The highest BCUT2D eigenvalue weighted by atomic mass is 35.5. The van der Waals surface area contributed by atoms with Gasteiger partial charge >= 0.3 is 5.97 Å². The number of fused-ring (bicyclic) bond motifs is 1. The molecule has 0 aromatic heterocycles. The first-order chi connectivity index (χ1) is 16.4. The van der Waals surface area contributed by atoms with Crippen LogP contribution in [0.2, 0.25) is 5.02 Å². The van der Waals surface area contributed by atoms with Crippen molar-refractivity contribution in [3.8, 4) is 28.7 Å². The first-order valence-corrected chi connectivity index (χ1v) is 10.6. The minimum atomic E-state index is -0.636. The molecular weight excluding hydrogens is 460 g/mol. The molecule has 34 heavy (non-hydrogen) atoms. The molecule has 0 unspecified atom stereocenters. The van der Waals surface area contributed by atoms with Gasteiger partial charge in [-0.3, -0.25) is 4.79 Å². The summed E-state index contributed by atoms with van der Waals surface area (Å²) < 4.78 is 27.3. The quantitative estimate of drug-likeness (QED) is 0.261. The number of hydrogen-bond donors (Lipinski definition) is 0. The van der Waals surface area contributed by atoms with E-state index in [2.05, 4.69) is 0 Å². The van der Waals surface area contributed by atoms with Crippen LogP contribution in [0.5, 0.6) is 28.7 Å². The van der Waals surface area contributed by atoms with Gasteiger partial charge in [0.15, 0.2) is 17.3 Å². The fourth-order valence-corrected chi connectivity index (χ4v) is 3.67. The fraction of sp³-hybridized carbons (Fsp3) is 0.154. The lowest BCUT2D eigenvalue weighted by molar-refractivity contribution is 0.0732. The Morgan fingerprint density at radius 3 is 2.15 bits per heavy atom. The molecule has 8 heteroatoms. The van der Waals surface area contributed by atoms with Crippen molar-refractivity contribution in [3.05, 3.63) is 81.6 Å². The number of rotatable bonds is 6. The average Bonchev–Trinajstić information content (AvgIpc) is 3.16. The molecule has 0 saturated carbocycles. The SMILES string of the molecule is COc1cc(C(=O)Oc2ccc3c(c2C)O/C(=C\c2ccc(Cl)cc2)C3=O)cc(OC)c1OC. The van der Waals surface area contributed by atoms with Crippen molar-refractivity contribution >= 4 is 29.4 Å². The predicted molar refractivity (Wildman–Crippen MR) is 127 cm³/mol. The van der Waals surface area contributed by atoms with Crippen molar-refractivity contribution in [2.24, 2.45) is 0 Å². The van der Waals surface area contributed by atoms with Crippen molar-refractivity contribution in [3.63, 3.8) is 0 Å². The number of benzene rings is 3. The van der Waals surface area contributed by atoms with Gasteiger partial charge in [0.05, 0.1) is 32.5 Å². The molecule has 0 aliphatic carbocycles. The Bertz CT molecular complexity index is 1280. The predicted octanol–water partition coefficient (Wildman–Crippen LogP) is 5.51. The van der Waals surface area contributed by atoms with E-state index in [0.717, 1.165) is 5.56 Å². The lowest BCUT2D eigenvalue weighted by Crippen LogP contribution is -2.10. The molecule has 0 fully saturated rings. The summed E-state index contributed by atoms with van der Waals surface area (Å²) in [6.07, 6.45) is 1.64. The van der Waals surface area contributed by atoms with Gasteiger partial charge in [0.25, 0.3) is 0 Å². The van der Waals surface area contributed by atoms with Crippen LogP contribution >= 0.6 is 11.6 Å². The standard InChI is InChI=1S/C26H21ClO7/c1-14-19(34-26(29)16-12-21(30-2)25(32-4)22(13-16)31-3)10-9-18-23(28)20(33-24(14)18)11-15-5-7-17(27)8-6-15/h5-13H,1-4H3/b20-11-. The topological polar surface area (TPSA) is 80.3 Å². The number of esters is 1. The van der Waals surface area contributed by atoms with Crippen LogP contribution in [0, 0.1) is 6.92 Å². The monoisotopic (exact) mass is 480 g/mol. The molecule has 7 nitrogen and oxygen atoms in total. The number of Topliss-reactive ketones (excluding diaryl/α,β-unsaturated/α-hetero) is 1. The Balaban J connectivity index is 1.61. The molecule has 0 N–H and O–H groups in total. The maximum atomic E-state index is 12.9. The van der Waals surface area contributed by atoms with E-state index in [4.69, 9.17) is 35.3 Å². The van der Waals surface area contributed by atoms with Crippen LogP contribution in [0.1, 0.15) is 31.8 Å². The highest BCUT2D eigenvalue weighted by Gasteiger charge is 2.31. The number of hydrogen-bond acceptors (Lipinski definition) is 7. The van der Waals surface area contributed by atoms with Crippen molar-refractivity contribution in [2.45, 2.75) is 6.92 Å². The normalized spacial score (nSPS) is 13.3. The van der Waals surface area contributed by atoms with Gasteiger partial charge < -0.3 is 23.7 Å². The van der Waals surface area contributed by atoms with E-state index in [1.54, 1.807) is 49.4 Å². The molecule has 4 rings (SSSR count). The van der Waals surface area contributed by atoms with E-state index in [-0.39, 0.29) is 22.9 Å². The van der Waals surface area contributed by atoms with Crippen molar-refractivity contribution in [2.75, 3.05) is 21.3 Å². The van der Waals surface area contributed by atoms with Crippen molar-refractivity contribution in [1.82, 2.24) is 0 Å². The Kier molecular flexibility index (Phi) is 6.47. The van der Waals surface area contributed by atoms with Gasteiger partial charge in [-0.25, -0.2) is 4.79 Å². The van der Waals surface area contributed by atoms with Crippen LogP contribution in [-0.2, 0) is 0 Å². The zero-order valence-electron chi connectivity index (χ0n) is 18.9. The zero-order valence-corrected chi connectivity index (χ0v) is 19.7. The van der Waals surface area contributed by atoms with Crippen molar-refractivity contribution < 1.29 is 33.3 Å². The summed E-state index contributed by atoms with van der Waals surface area (Å²) in [5.74, 6) is 0.907. The molecule has 0 saturated heterocycles. The van der Waals surface area contributed by atoms with Crippen LogP contribution in [-0.4, -0.2) is 33.1 Å². The molecule has 3 aromatic rings. The Hall–Kier alpha value is -3.97. The number of carbonyl (C=O) groups is 2. The molecule has 0 bridgehead atoms. The molecule has 0 radical (unpaired) electrons. The summed E-state index contributed by atoms with van der Waals surface area (Å²) in [6.45, 7) is 1.72. The molecule has 3 aromatic carbocycles. The highest BCUT2D eigenvalue weighted by molar-refractivity contribution is 6.30. The van der Waals surface area contributed by atoms with Gasteiger partial charge in [0, 0.05) is 10.6 Å². The second-order valence-corrected chi connectivity index (χ2v) is 7.80. The second kappa shape index (κ2) is 9.49. The lowest BCUT2D eigenvalue weighted by atomic mass is 10.1. The van der Waals surface area contributed by atoms with Gasteiger partial charge in [-0.2, -0.15) is 0 Å². The highest BCUT2D eigenvalue weighted by Crippen LogP contribution is 2.41. The second-order valence-electron chi connectivity index (χ2n) is 7.36. The Morgan fingerprint density at radius 2 is 1.56 bits per heavy atom. The molecule has 0 spiro atoms. The Morgan fingerprint density at radius 1 is 0.912 bits per heavy atom. The summed E-state index contributed by atoms with van der Waals surface area (Å²) in [6, 6.07) is 13.2. The van der Waals surface area contributed by atoms with E-state index >= 15 is 0 Å². The van der Waals surface area contributed by atoms with Crippen molar-refractivity contribution in [1.29, 1.82) is 0 Å². The summed E-state index contributed by atoms with van der Waals surface area (Å²) in [5, 5.41) is 0.596. The summed E-state index contributed by atoms with van der Waals surface area (Å²) in [4.78, 5) is 25.7. The molecular formula is C26H21ClO7. The van der Waals surface area contributed by atoms with E-state index in [1.807, 2.05) is 0 Å². The van der Waals surface area contributed by atoms with Gasteiger partial charge in [0.2, 0.25) is 11.5 Å². The number of ketones is 1. The molecule has 1 aliphatic heterocycles. The van der Waals surface area contributed by atoms with E-state index in [1.165, 1.54) is 33.5 Å². The maximum absolute atomic E-state index is 12.9. The average molecular weight is 481 g/mol. The third-order valence-electron chi connectivity index (χ3n) is 5.31. The van der Waals surface area contributed by atoms with Crippen LogP contribution in [0.15, 0.2) is 54.3 Å². The lowest BCUT2D eigenvalue weighted by Gasteiger charge is -2.14.